The number of H-pyrrole nitrogens is 1. The van der Waals surface area contributed by atoms with Gasteiger partial charge in [0, 0.05) is 6.04 Å². The van der Waals surface area contributed by atoms with Gasteiger partial charge < -0.3 is 15.0 Å². The first-order valence-corrected chi connectivity index (χ1v) is 8.24. The van der Waals surface area contributed by atoms with Crippen molar-refractivity contribution < 1.29 is 19.1 Å². The van der Waals surface area contributed by atoms with Crippen LogP contribution in [0.1, 0.15) is 42.5 Å². The molecule has 3 atom stereocenters. The average molecular weight is 331 g/mol. The smallest absolute Gasteiger partial charge is 0.326 e. The molecule has 2 aromatic rings. The molecular weight excluding hydrogens is 313 g/mol. The monoisotopic (exact) mass is 331 g/mol. The maximum atomic E-state index is 13.9. The van der Waals surface area contributed by atoms with Gasteiger partial charge >= 0.3 is 5.97 Å². The number of aliphatic carboxylic acids is 1. The molecule has 1 aliphatic heterocycles. The first-order valence-electron chi connectivity index (χ1n) is 8.24. The Morgan fingerprint density at radius 2 is 2.08 bits per heavy atom. The third-order valence-electron chi connectivity index (χ3n) is 5.33. The zero-order chi connectivity index (χ0) is 16.8. The molecule has 4 rings (SSSR count). The number of nitrogens with one attached hydrogen (secondary N) is 1. The molecule has 1 saturated heterocycles. The number of imidazole rings is 1. The summed E-state index contributed by atoms with van der Waals surface area (Å²) in [5.41, 5.74) is 0.943. The highest BCUT2D eigenvalue weighted by Crippen LogP contribution is 2.41. The standard InChI is InChI=1S/C17H18FN3O3/c18-10-6-11(15-12(7-10)19-8-20-15)16(22)21-13-4-2-1-3-9(13)5-14(21)17(23)24/h6-9,13-14H,1-5H2,(H,19,20)(H,23,24)/t9-,13-,14+/m1/s1. The van der Waals surface area contributed by atoms with Gasteiger partial charge in [-0.1, -0.05) is 12.8 Å². The normalized spacial score (nSPS) is 26.5. The Bertz CT molecular complexity index is 819. The van der Waals surface area contributed by atoms with Crippen molar-refractivity contribution in [3.63, 3.8) is 0 Å². The van der Waals surface area contributed by atoms with E-state index in [2.05, 4.69) is 9.97 Å². The van der Waals surface area contributed by atoms with Gasteiger partial charge in [-0.3, -0.25) is 4.79 Å². The number of carbonyl (C=O) groups excluding carboxylic acids is 1. The zero-order valence-corrected chi connectivity index (χ0v) is 13.0. The number of hydrogen-bond donors (Lipinski definition) is 2. The molecule has 1 saturated carbocycles. The maximum absolute atomic E-state index is 13.9. The fourth-order valence-corrected chi connectivity index (χ4v) is 4.29. The van der Waals surface area contributed by atoms with E-state index in [1.54, 1.807) is 0 Å². The van der Waals surface area contributed by atoms with Crippen LogP contribution >= 0.6 is 0 Å². The van der Waals surface area contributed by atoms with Gasteiger partial charge in [-0.25, -0.2) is 14.2 Å². The summed E-state index contributed by atoms with van der Waals surface area (Å²) in [7, 11) is 0. The van der Waals surface area contributed by atoms with Crippen molar-refractivity contribution in [3.05, 3.63) is 29.8 Å². The molecule has 2 aliphatic rings. The number of nitrogens with zero attached hydrogens (tertiary/aromatic N) is 2. The molecule has 0 spiro atoms. The van der Waals surface area contributed by atoms with Crippen LogP contribution < -0.4 is 0 Å². The second-order valence-corrected chi connectivity index (χ2v) is 6.67. The van der Waals surface area contributed by atoms with Crippen LogP contribution in [0.4, 0.5) is 4.39 Å². The van der Waals surface area contributed by atoms with Gasteiger partial charge in [-0.05, 0) is 37.3 Å². The van der Waals surface area contributed by atoms with Gasteiger partial charge in [-0.2, -0.15) is 0 Å². The molecule has 1 aromatic heterocycles. The number of carboxylic acid groups (broad SMARTS) is 1. The minimum atomic E-state index is -0.993. The van der Waals surface area contributed by atoms with Crippen LogP contribution in [-0.2, 0) is 4.79 Å². The third kappa shape index (κ3) is 2.26. The van der Waals surface area contributed by atoms with Crippen molar-refractivity contribution in [2.24, 2.45) is 5.92 Å². The number of fused-ring (bicyclic) bond motifs is 2. The van der Waals surface area contributed by atoms with E-state index in [9.17, 15) is 19.1 Å². The van der Waals surface area contributed by atoms with E-state index in [0.29, 0.717) is 17.5 Å². The van der Waals surface area contributed by atoms with Gasteiger partial charge in [0.1, 0.15) is 17.4 Å². The Balaban J connectivity index is 1.78. The summed E-state index contributed by atoms with van der Waals surface area (Å²) < 4.78 is 13.9. The number of benzene rings is 1. The molecule has 1 aromatic carbocycles. The second kappa shape index (κ2) is 5.58. The number of aromatic amines is 1. The van der Waals surface area contributed by atoms with Crippen LogP contribution in [-0.4, -0.2) is 43.9 Å². The number of amides is 1. The van der Waals surface area contributed by atoms with Crippen molar-refractivity contribution in [2.45, 2.75) is 44.2 Å². The molecule has 24 heavy (non-hydrogen) atoms. The second-order valence-electron chi connectivity index (χ2n) is 6.67. The van der Waals surface area contributed by atoms with E-state index >= 15 is 0 Å². The van der Waals surface area contributed by atoms with Crippen molar-refractivity contribution >= 4 is 22.9 Å². The Labute approximate surface area is 137 Å². The predicted molar refractivity (Wildman–Crippen MR) is 84.0 cm³/mol. The van der Waals surface area contributed by atoms with Crippen molar-refractivity contribution in [2.75, 3.05) is 0 Å². The number of carbonyl (C=O) groups is 2. The molecule has 2 N–H and O–H groups in total. The minimum Gasteiger partial charge on any atom is -0.480 e. The molecule has 1 aliphatic carbocycles. The Kier molecular flexibility index (Phi) is 3.51. The molecule has 126 valence electrons. The number of carboxylic acids is 1. The van der Waals surface area contributed by atoms with Crippen LogP contribution in [0.2, 0.25) is 0 Å². The van der Waals surface area contributed by atoms with Gasteiger partial charge in [0.05, 0.1) is 17.4 Å². The molecule has 0 bridgehead atoms. The van der Waals surface area contributed by atoms with Gasteiger partial charge in [0.15, 0.2) is 0 Å². The van der Waals surface area contributed by atoms with Crippen LogP contribution in [0.5, 0.6) is 0 Å². The Morgan fingerprint density at radius 3 is 2.88 bits per heavy atom. The fraction of sp³-hybridized carbons (Fsp3) is 0.471. The quantitative estimate of drug-likeness (QED) is 0.885. The lowest BCUT2D eigenvalue weighted by Gasteiger charge is -2.33. The average Bonchev–Trinajstić information content (AvgIpc) is 3.17. The summed E-state index contributed by atoms with van der Waals surface area (Å²) in [4.78, 5) is 33.2. The molecule has 1 amide bonds. The highest BCUT2D eigenvalue weighted by atomic mass is 19.1. The van der Waals surface area contributed by atoms with E-state index in [4.69, 9.17) is 0 Å². The fourth-order valence-electron chi connectivity index (χ4n) is 4.29. The van der Waals surface area contributed by atoms with Gasteiger partial charge in [0.2, 0.25) is 0 Å². The lowest BCUT2D eigenvalue weighted by atomic mass is 9.84. The van der Waals surface area contributed by atoms with Gasteiger partial charge in [-0.15, -0.1) is 0 Å². The van der Waals surface area contributed by atoms with Crippen molar-refractivity contribution in [1.29, 1.82) is 0 Å². The maximum Gasteiger partial charge on any atom is 0.326 e. The largest absolute Gasteiger partial charge is 0.480 e. The van der Waals surface area contributed by atoms with E-state index < -0.39 is 23.7 Å². The summed E-state index contributed by atoms with van der Waals surface area (Å²) in [5, 5.41) is 9.56. The Hall–Kier alpha value is -2.44. The minimum absolute atomic E-state index is 0.0791. The first kappa shape index (κ1) is 15.1. The SMILES string of the molecule is O=C(O)[C@@H]1C[C@H]2CCCC[C@H]2N1C(=O)c1cc(F)cc2[nH]cnc12. The summed E-state index contributed by atoms with van der Waals surface area (Å²) in [6.45, 7) is 0. The van der Waals surface area contributed by atoms with Crippen LogP contribution in [0.15, 0.2) is 18.5 Å². The summed E-state index contributed by atoms with van der Waals surface area (Å²) in [5.74, 6) is -1.76. The number of halogens is 1. The van der Waals surface area contributed by atoms with Crippen LogP contribution in [0, 0.1) is 11.7 Å². The summed E-state index contributed by atoms with van der Waals surface area (Å²) in [6.07, 6.45) is 5.68. The number of hydrogen-bond acceptors (Lipinski definition) is 3. The van der Waals surface area contributed by atoms with E-state index in [-0.39, 0.29) is 17.5 Å². The number of aromatic nitrogens is 2. The topological polar surface area (TPSA) is 86.3 Å². The third-order valence-corrected chi connectivity index (χ3v) is 5.33. The molecule has 7 heteroatoms. The molecule has 0 radical (unpaired) electrons. The molecule has 0 unspecified atom stereocenters. The van der Waals surface area contributed by atoms with E-state index in [1.807, 2.05) is 0 Å². The van der Waals surface area contributed by atoms with Crippen molar-refractivity contribution in [1.82, 2.24) is 14.9 Å². The molecule has 2 heterocycles. The highest BCUT2D eigenvalue weighted by molar-refractivity contribution is 6.06. The molecular formula is C17H18FN3O3. The van der Waals surface area contributed by atoms with E-state index in [1.165, 1.54) is 17.3 Å². The number of likely N-dealkylation sites (tertiary alicyclic amines) is 1. The van der Waals surface area contributed by atoms with E-state index in [0.717, 1.165) is 31.7 Å². The highest BCUT2D eigenvalue weighted by Gasteiger charge is 2.48. The number of rotatable bonds is 2. The predicted octanol–water partition coefficient (Wildman–Crippen LogP) is 2.56. The van der Waals surface area contributed by atoms with Crippen LogP contribution in [0.3, 0.4) is 0 Å². The van der Waals surface area contributed by atoms with Gasteiger partial charge in [0.25, 0.3) is 5.91 Å². The lowest BCUT2D eigenvalue weighted by molar-refractivity contribution is -0.141. The summed E-state index contributed by atoms with van der Waals surface area (Å²) >= 11 is 0. The molecule has 6 nitrogen and oxygen atoms in total. The van der Waals surface area contributed by atoms with Crippen LogP contribution in [0.25, 0.3) is 11.0 Å². The zero-order valence-electron chi connectivity index (χ0n) is 13.0. The molecule has 2 fully saturated rings. The first-order chi connectivity index (χ1) is 11.6. The van der Waals surface area contributed by atoms with Crippen molar-refractivity contribution in [3.8, 4) is 0 Å². The summed E-state index contributed by atoms with van der Waals surface area (Å²) in [6, 6.07) is 1.51. The Morgan fingerprint density at radius 1 is 1.29 bits per heavy atom. The lowest BCUT2D eigenvalue weighted by Crippen LogP contribution is -2.46.